The van der Waals surface area contributed by atoms with Crippen molar-refractivity contribution in [2.24, 2.45) is 7.05 Å². The van der Waals surface area contributed by atoms with Crippen molar-refractivity contribution in [2.75, 3.05) is 5.73 Å². The standard InChI is InChI=1S/C15H11ClN4/c1-20-14-5-10(16)2-3-12(14)13(6-17)15(20)9-4-11(18)8-19-7-9/h2-5,7-8H,18H2,1H3. The van der Waals surface area contributed by atoms with Crippen molar-refractivity contribution in [1.82, 2.24) is 9.55 Å². The molecule has 3 rings (SSSR count). The average molecular weight is 283 g/mol. The predicted octanol–water partition coefficient (Wildman–Crippen LogP) is 3.35. The van der Waals surface area contributed by atoms with Gasteiger partial charge in [0, 0.05) is 35.4 Å². The van der Waals surface area contributed by atoms with E-state index in [1.807, 2.05) is 29.8 Å². The van der Waals surface area contributed by atoms with E-state index in [2.05, 4.69) is 11.1 Å². The number of hydrogen-bond acceptors (Lipinski definition) is 3. The van der Waals surface area contributed by atoms with Gasteiger partial charge in [-0.15, -0.1) is 0 Å². The molecule has 2 N–H and O–H groups in total. The second kappa shape index (κ2) is 4.55. The first-order chi connectivity index (χ1) is 9.61. The molecule has 98 valence electrons. The lowest BCUT2D eigenvalue weighted by molar-refractivity contribution is 0.975. The smallest absolute Gasteiger partial charge is 0.102 e. The molecule has 4 nitrogen and oxygen atoms in total. The number of nitriles is 1. The first-order valence-corrected chi connectivity index (χ1v) is 6.38. The first kappa shape index (κ1) is 12.5. The van der Waals surface area contributed by atoms with Crippen LogP contribution < -0.4 is 5.73 Å². The summed E-state index contributed by atoms with van der Waals surface area (Å²) >= 11 is 6.04. The molecule has 20 heavy (non-hydrogen) atoms. The third-order valence-electron chi connectivity index (χ3n) is 3.31. The van der Waals surface area contributed by atoms with Crippen LogP contribution in [0.2, 0.25) is 5.02 Å². The molecule has 3 aromatic rings. The maximum atomic E-state index is 9.48. The van der Waals surface area contributed by atoms with Crippen molar-refractivity contribution in [1.29, 1.82) is 5.26 Å². The SMILES string of the molecule is Cn1c(-c2cncc(N)c2)c(C#N)c2ccc(Cl)cc21. The second-order valence-electron chi connectivity index (χ2n) is 4.56. The Morgan fingerprint density at radius 3 is 2.80 bits per heavy atom. The molecule has 0 unspecified atom stereocenters. The molecular weight excluding hydrogens is 272 g/mol. The van der Waals surface area contributed by atoms with Crippen LogP contribution >= 0.6 is 11.6 Å². The summed E-state index contributed by atoms with van der Waals surface area (Å²) < 4.78 is 1.94. The van der Waals surface area contributed by atoms with Gasteiger partial charge in [-0.05, 0) is 24.3 Å². The monoisotopic (exact) mass is 282 g/mol. The van der Waals surface area contributed by atoms with Crippen molar-refractivity contribution in [2.45, 2.75) is 0 Å². The summed E-state index contributed by atoms with van der Waals surface area (Å²) in [5, 5.41) is 11.0. The number of aromatic nitrogens is 2. The van der Waals surface area contributed by atoms with Crippen LogP contribution in [0, 0.1) is 11.3 Å². The molecule has 5 heteroatoms. The normalized spacial score (nSPS) is 10.7. The van der Waals surface area contributed by atoms with Crippen LogP contribution in [-0.2, 0) is 7.05 Å². The largest absolute Gasteiger partial charge is 0.397 e. The van der Waals surface area contributed by atoms with Crippen LogP contribution in [0.5, 0.6) is 0 Å². The van der Waals surface area contributed by atoms with Gasteiger partial charge in [0.25, 0.3) is 0 Å². The zero-order valence-corrected chi connectivity index (χ0v) is 11.5. The van der Waals surface area contributed by atoms with E-state index in [0.717, 1.165) is 22.2 Å². The lowest BCUT2D eigenvalue weighted by Gasteiger charge is -2.05. The fraction of sp³-hybridized carbons (Fsp3) is 0.0667. The van der Waals surface area contributed by atoms with Crippen LogP contribution in [0.15, 0.2) is 36.7 Å². The number of halogens is 1. The zero-order chi connectivity index (χ0) is 14.3. The summed E-state index contributed by atoms with van der Waals surface area (Å²) in [4.78, 5) is 4.09. The van der Waals surface area contributed by atoms with Crippen molar-refractivity contribution < 1.29 is 0 Å². The van der Waals surface area contributed by atoms with E-state index in [1.165, 1.54) is 0 Å². The number of fused-ring (bicyclic) bond motifs is 1. The minimum absolute atomic E-state index is 0.565. The maximum Gasteiger partial charge on any atom is 0.102 e. The predicted molar refractivity (Wildman–Crippen MR) is 80.3 cm³/mol. The Morgan fingerprint density at radius 2 is 2.10 bits per heavy atom. The minimum Gasteiger partial charge on any atom is -0.397 e. The molecule has 2 aromatic heterocycles. The van der Waals surface area contributed by atoms with E-state index in [-0.39, 0.29) is 0 Å². The summed E-state index contributed by atoms with van der Waals surface area (Å²) in [6, 6.07) is 9.57. The fourth-order valence-electron chi connectivity index (χ4n) is 2.45. The number of nitrogens with two attached hydrogens (primary N) is 1. The molecule has 0 fully saturated rings. The Bertz CT molecular complexity index is 858. The van der Waals surface area contributed by atoms with E-state index in [0.29, 0.717) is 16.3 Å². The zero-order valence-electron chi connectivity index (χ0n) is 10.8. The highest BCUT2D eigenvalue weighted by molar-refractivity contribution is 6.31. The molecule has 0 aliphatic heterocycles. The summed E-state index contributed by atoms with van der Waals surface area (Å²) in [6.07, 6.45) is 3.28. The van der Waals surface area contributed by atoms with Crippen molar-refractivity contribution >= 4 is 28.2 Å². The van der Waals surface area contributed by atoms with Crippen molar-refractivity contribution in [3.63, 3.8) is 0 Å². The molecule has 0 atom stereocenters. The number of nitrogens with zero attached hydrogens (tertiary/aromatic N) is 3. The number of pyridine rings is 1. The quantitative estimate of drug-likeness (QED) is 0.744. The summed E-state index contributed by atoms with van der Waals surface area (Å²) in [7, 11) is 1.90. The summed E-state index contributed by atoms with van der Waals surface area (Å²) in [5.41, 5.74) is 9.47. The lowest BCUT2D eigenvalue weighted by atomic mass is 10.1. The fourth-order valence-corrected chi connectivity index (χ4v) is 2.61. The summed E-state index contributed by atoms with van der Waals surface area (Å²) in [6.45, 7) is 0. The van der Waals surface area contributed by atoms with Gasteiger partial charge in [0.1, 0.15) is 6.07 Å². The lowest BCUT2D eigenvalue weighted by Crippen LogP contribution is -1.95. The Balaban J connectivity index is 2.42. The molecule has 0 bridgehead atoms. The molecule has 1 aromatic carbocycles. The molecule has 0 amide bonds. The van der Waals surface area contributed by atoms with Gasteiger partial charge in [-0.25, -0.2) is 0 Å². The van der Waals surface area contributed by atoms with E-state index >= 15 is 0 Å². The van der Waals surface area contributed by atoms with Gasteiger partial charge in [-0.3, -0.25) is 4.98 Å². The van der Waals surface area contributed by atoms with Gasteiger partial charge < -0.3 is 10.3 Å². The van der Waals surface area contributed by atoms with Crippen LogP contribution in [0.3, 0.4) is 0 Å². The molecule has 0 saturated carbocycles. The van der Waals surface area contributed by atoms with Gasteiger partial charge in [-0.2, -0.15) is 5.26 Å². The highest BCUT2D eigenvalue weighted by Gasteiger charge is 2.17. The highest BCUT2D eigenvalue weighted by Crippen LogP contribution is 2.33. The van der Waals surface area contributed by atoms with Crippen molar-refractivity contribution in [3.05, 3.63) is 47.2 Å². The Labute approximate surface area is 121 Å². The van der Waals surface area contributed by atoms with E-state index in [1.54, 1.807) is 18.5 Å². The minimum atomic E-state index is 0.565. The average Bonchev–Trinajstić information content (AvgIpc) is 2.71. The third kappa shape index (κ3) is 1.80. The van der Waals surface area contributed by atoms with E-state index in [4.69, 9.17) is 17.3 Å². The van der Waals surface area contributed by atoms with Gasteiger partial charge in [0.2, 0.25) is 0 Å². The Kier molecular flexibility index (Phi) is 2.85. The van der Waals surface area contributed by atoms with Crippen LogP contribution in [0.4, 0.5) is 5.69 Å². The first-order valence-electron chi connectivity index (χ1n) is 6.00. The van der Waals surface area contributed by atoms with Crippen LogP contribution in [0.1, 0.15) is 5.56 Å². The molecule has 0 aliphatic carbocycles. The van der Waals surface area contributed by atoms with Gasteiger partial charge >= 0.3 is 0 Å². The van der Waals surface area contributed by atoms with E-state index in [9.17, 15) is 5.26 Å². The molecule has 0 radical (unpaired) electrons. The van der Waals surface area contributed by atoms with Crippen LogP contribution in [-0.4, -0.2) is 9.55 Å². The molecular formula is C15H11ClN4. The van der Waals surface area contributed by atoms with Crippen molar-refractivity contribution in [3.8, 4) is 17.3 Å². The molecule has 0 saturated heterocycles. The van der Waals surface area contributed by atoms with Crippen LogP contribution in [0.25, 0.3) is 22.2 Å². The summed E-state index contributed by atoms with van der Waals surface area (Å²) in [5.74, 6) is 0. The van der Waals surface area contributed by atoms with Gasteiger partial charge in [0.05, 0.1) is 22.5 Å². The number of hydrogen-bond donors (Lipinski definition) is 1. The second-order valence-corrected chi connectivity index (χ2v) is 5.00. The number of nitrogen functional groups attached to an aromatic ring is 1. The molecule has 0 spiro atoms. The molecule has 0 aliphatic rings. The Hall–Kier alpha value is -2.51. The number of rotatable bonds is 1. The van der Waals surface area contributed by atoms with E-state index < -0.39 is 0 Å². The Morgan fingerprint density at radius 1 is 1.30 bits per heavy atom. The number of benzene rings is 1. The molecule has 2 heterocycles. The third-order valence-corrected chi connectivity index (χ3v) is 3.54. The highest BCUT2D eigenvalue weighted by atomic mass is 35.5. The van der Waals surface area contributed by atoms with Gasteiger partial charge in [0.15, 0.2) is 0 Å². The maximum absolute atomic E-state index is 9.48. The van der Waals surface area contributed by atoms with Gasteiger partial charge in [-0.1, -0.05) is 11.6 Å². The number of anilines is 1. The number of aryl methyl sites for hydroxylation is 1. The topological polar surface area (TPSA) is 67.6 Å².